The number of allylic oxidation sites excluding steroid dienone is 1. The van der Waals surface area contributed by atoms with Gasteiger partial charge in [0.15, 0.2) is 11.6 Å². The molecule has 2 aromatic rings. The van der Waals surface area contributed by atoms with Crippen LogP contribution in [0.2, 0.25) is 0 Å². The van der Waals surface area contributed by atoms with Crippen molar-refractivity contribution in [3.8, 4) is 0 Å². The fraction of sp³-hybridized carbons (Fsp3) is 0.263. The second-order valence-electron chi connectivity index (χ2n) is 6.44. The summed E-state index contributed by atoms with van der Waals surface area (Å²) in [5.74, 6) is -3.05. The van der Waals surface area contributed by atoms with E-state index < -0.39 is 23.0 Å². The second-order valence-corrected chi connectivity index (χ2v) is 6.44. The first-order chi connectivity index (χ1) is 14.2. The van der Waals surface area contributed by atoms with Gasteiger partial charge >= 0.3 is 0 Å². The normalized spacial score (nSPS) is 11.1. The summed E-state index contributed by atoms with van der Waals surface area (Å²) >= 11 is 0. The lowest BCUT2D eigenvalue weighted by Gasteiger charge is -2.13. The SMILES string of the molecule is Cc1cnc(N/C(C=N)=C/NCC(=O)N(C)C)nc1NCc1c(F)ccc(F)c1F. The van der Waals surface area contributed by atoms with E-state index in [4.69, 9.17) is 5.41 Å². The summed E-state index contributed by atoms with van der Waals surface area (Å²) in [7, 11) is 3.25. The molecular formula is C19H22F3N7O. The molecule has 0 radical (unpaired) electrons. The maximum atomic E-state index is 13.8. The van der Waals surface area contributed by atoms with Gasteiger partial charge in [-0.1, -0.05) is 0 Å². The van der Waals surface area contributed by atoms with Gasteiger partial charge in [-0.25, -0.2) is 18.2 Å². The van der Waals surface area contributed by atoms with Crippen molar-refractivity contribution in [3.63, 3.8) is 0 Å². The highest BCUT2D eigenvalue weighted by Gasteiger charge is 2.14. The quantitative estimate of drug-likeness (QED) is 0.366. The van der Waals surface area contributed by atoms with E-state index in [0.29, 0.717) is 5.56 Å². The first kappa shape index (κ1) is 22.7. The summed E-state index contributed by atoms with van der Waals surface area (Å²) in [4.78, 5) is 21.3. The summed E-state index contributed by atoms with van der Waals surface area (Å²) in [5, 5.41) is 15.8. The van der Waals surface area contributed by atoms with Crippen LogP contribution in [0.15, 0.2) is 30.2 Å². The molecule has 2 rings (SSSR count). The standard InChI is InChI=1S/C19H22F3N7O/c1-11-7-26-19(27-12(6-23)8-24-10-16(30)29(2)3)28-18(11)25-9-13-14(20)4-5-15(21)17(13)22/h4-8,23-24H,9-10H2,1-3H3,(H2,25,26,27,28)/b12-8+,23-6?. The van der Waals surface area contributed by atoms with Gasteiger partial charge in [0, 0.05) is 50.4 Å². The molecule has 0 saturated carbocycles. The molecular weight excluding hydrogens is 399 g/mol. The van der Waals surface area contributed by atoms with Crippen molar-refractivity contribution in [1.29, 1.82) is 5.41 Å². The predicted molar refractivity (Wildman–Crippen MR) is 108 cm³/mol. The van der Waals surface area contributed by atoms with Crippen molar-refractivity contribution >= 4 is 23.9 Å². The summed E-state index contributed by atoms with van der Waals surface area (Å²) in [6.45, 7) is 1.40. The maximum absolute atomic E-state index is 13.8. The Hall–Kier alpha value is -3.63. The van der Waals surface area contributed by atoms with Crippen LogP contribution in [0.1, 0.15) is 11.1 Å². The van der Waals surface area contributed by atoms with Gasteiger partial charge in [0.05, 0.1) is 12.2 Å². The number of carbonyl (C=O) groups excluding carboxylic acids is 1. The molecule has 0 fully saturated rings. The van der Waals surface area contributed by atoms with Gasteiger partial charge in [-0.05, 0) is 19.1 Å². The predicted octanol–water partition coefficient (Wildman–Crippen LogP) is 2.40. The molecule has 11 heteroatoms. The molecule has 0 atom stereocenters. The van der Waals surface area contributed by atoms with Gasteiger partial charge in [0.2, 0.25) is 11.9 Å². The first-order valence-electron chi connectivity index (χ1n) is 8.84. The number of nitrogens with zero attached hydrogens (tertiary/aromatic N) is 3. The molecule has 0 unspecified atom stereocenters. The zero-order chi connectivity index (χ0) is 22.3. The summed E-state index contributed by atoms with van der Waals surface area (Å²) < 4.78 is 41.0. The number of hydrogen-bond acceptors (Lipinski definition) is 7. The molecule has 4 N–H and O–H groups in total. The molecule has 1 aromatic carbocycles. The largest absolute Gasteiger partial charge is 0.380 e. The number of rotatable bonds is 9. The summed E-state index contributed by atoms with van der Waals surface area (Å²) in [6.07, 6.45) is 3.89. The minimum atomic E-state index is -1.26. The number of anilines is 2. The molecule has 1 amide bonds. The lowest BCUT2D eigenvalue weighted by atomic mass is 10.2. The fourth-order valence-electron chi connectivity index (χ4n) is 2.23. The minimum absolute atomic E-state index is 0.0400. The van der Waals surface area contributed by atoms with Crippen molar-refractivity contribution in [3.05, 3.63) is 58.8 Å². The number of carbonyl (C=O) groups is 1. The summed E-state index contributed by atoms with van der Waals surface area (Å²) in [5.41, 5.74) is 0.420. The minimum Gasteiger partial charge on any atom is -0.380 e. The highest BCUT2D eigenvalue weighted by atomic mass is 19.2. The third kappa shape index (κ3) is 5.93. The van der Waals surface area contributed by atoms with E-state index in [-0.39, 0.29) is 36.5 Å². The summed E-state index contributed by atoms with van der Waals surface area (Å²) in [6, 6.07) is 1.57. The third-order valence-electron chi connectivity index (χ3n) is 3.96. The van der Waals surface area contributed by atoms with Crippen molar-refractivity contribution in [1.82, 2.24) is 20.2 Å². The Morgan fingerprint density at radius 3 is 2.60 bits per heavy atom. The molecule has 0 aliphatic rings. The van der Waals surface area contributed by atoms with Gasteiger partial charge in [-0.3, -0.25) is 4.79 Å². The van der Waals surface area contributed by atoms with Crippen LogP contribution in [-0.2, 0) is 11.3 Å². The van der Waals surface area contributed by atoms with E-state index >= 15 is 0 Å². The average molecular weight is 421 g/mol. The molecule has 0 bridgehead atoms. The molecule has 160 valence electrons. The van der Waals surface area contributed by atoms with Crippen molar-refractivity contribution in [2.75, 3.05) is 31.3 Å². The monoisotopic (exact) mass is 421 g/mol. The molecule has 0 aliphatic carbocycles. The van der Waals surface area contributed by atoms with E-state index in [9.17, 15) is 18.0 Å². The number of halogens is 3. The van der Waals surface area contributed by atoms with Crippen LogP contribution in [0.4, 0.5) is 24.9 Å². The number of hydrogen-bond donors (Lipinski definition) is 4. The molecule has 0 aliphatic heterocycles. The number of amides is 1. The molecule has 1 heterocycles. The smallest absolute Gasteiger partial charge is 0.241 e. The van der Waals surface area contributed by atoms with Gasteiger partial charge in [-0.2, -0.15) is 4.98 Å². The van der Waals surface area contributed by atoms with Crippen LogP contribution < -0.4 is 16.0 Å². The van der Waals surface area contributed by atoms with Crippen molar-refractivity contribution < 1.29 is 18.0 Å². The Labute approximate surface area is 171 Å². The Bertz CT molecular complexity index is 963. The van der Waals surface area contributed by atoms with Crippen LogP contribution in [-0.4, -0.2) is 47.6 Å². The topological polar surface area (TPSA) is 106 Å². The van der Waals surface area contributed by atoms with Crippen LogP contribution in [0.5, 0.6) is 0 Å². The zero-order valence-electron chi connectivity index (χ0n) is 16.7. The van der Waals surface area contributed by atoms with Crippen molar-refractivity contribution in [2.24, 2.45) is 0 Å². The van der Waals surface area contributed by atoms with Crippen LogP contribution in [0, 0.1) is 29.8 Å². The maximum Gasteiger partial charge on any atom is 0.241 e. The Kier molecular flexibility index (Phi) is 7.73. The lowest BCUT2D eigenvalue weighted by molar-refractivity contribution is -0.127. The Morgan fingerprint density at radius 1 is 1.23 bits per heavy atom. The first-order valence-corrected chi connectivity index (χ1v) is 8.84. The molecule has 0 spiro atoms. The number of benzene rings is 1. The number of nitrogens with one attached hydrogen (secondary N) is 4. The Balaban J connectivity index is 2.10. The number of likely N-dealkylation sites (N-methyl/N-ethyl adjacent to an activating group) is 1. The van der Waals surface area contributed by atoms with E-state index in [1.54, 1.807) is 21.0 Å². The average Bonchev–Trinajstić information content (AvgIpc) is 2.71. The third-order valence-corrected chi connectivity index (χ3v) is 3.96. The number of aromatic nitrogens is 2. The van der Waals surface area contributed by atoms with Gasteiger partial charge in [0.1, 0.15) is 11.6 Å². The van der Waals surface area contributed by atoms with Crippen molar-refractivity contribution in [2.45, 2.75) is 13.5 Å². The van der Waals surface area contributed by atoms with Crippen LogP contribution in [0.25, 0.3) is 0 Å². The highest BCUT2D eigenvalue weighted by Crippen LogP contribution is 2.19. The molecule has 0 saturated heterocycles. The number of aryl methyl sites for hydroxylation is 1. The zero-order valence-corrected chi connectivity index (χ0v) is 16.7. The highest BCUT2D eigenvalue weighted by molar-refractivity contribution is 5.80. The van der Waals surface area contributed by atoms with E-state index in [0.717, 1.165) is 18.3 Å². The van der Waals surface area contributed by atoms with Gasteiger partial charge in [0.25, 0.3) is 0 Å². The van der Waals surface area contributed by atoms with E-state index in [1.807, 2.05) is 0 Å². The second kappa shape index (κ2) is 10.2. The fourth-order valence-corrected chi connectivity index (χ4v) is 2.23. The van der Waals surface area contributed by atoms with Gasteiger partial charge in [-0.15, -0.1) is 0 Å². The van der Waals surface area contributed by atoms with Gasteiger partial charge < -0.3 is 26.3 Å². The van der Waals surface area contributed by atoms with E-state index in [2.05, 4.69) is 25.9 Å². The Morgan fingerprint density at radius 2 is 1.93 bits per heavy atom. The molecule has 1 aromatic heterocycles. The molecule has 8 nitrogen and oxygen atoms in total. The lowest BCUT2D eigenvalue weighted by Crippen LogP contribution is -2.31. The van der Waals surface area contributed by atoms with E-state index in [1.165, 1.54) is 17.3 Å². The molecule has 30 heavy (non-hydrogen) atoms. The van der Waals surface area contributed by atoms with Crippen LogP contribution >= 0.6 is 0 Å². The van der Waals surface area contributed by atoms with Crippen LogP contribution in [0.3, 0.4) is 0 Å².